The number of hydrogen-bond acceptors (Lipinski definition) is 12. The summed E-state index contributed by atoms with van der Waals surface area (Å²) in [5.41, 5.74) is 2.73. The first-order valence-electron chi connectivity index (χ1n) is 11.2. The van der Waals surface area contributed by atoms with Crippen molar-refractivity contribution in [3.8, 4) is 0 Å². The highest BCUT2D eigenvalue weighted by Crippen LogP contribution is 2.44. The molecule has 0 bridgehead atoms. The molecule has 2 unspecified atom stereocenters. The van der Waals surface area contributed by atoms with Gasteiger partial charge in [-0.3, -0.25) is 19.2 Å². The van der Waals surface area contributed by atoms with Crippen LogP contribution in [0.25, 0.3) is 0 Å². The molecular formula is C22H26F3N5O7S2. The van der Waals surface area contributed by atoms with Crippen LogP contribution < -0.4 is 11.1 Å². The van der Waals surface area contributed by atoms with Crippen molar-refractivity contribution in [2.24, 2.45) is 16.0 Å². The van der Waals surface area contributed by atoms with Crippen molar-refractivity contribution in [1.82, 2.24) is 15.2 Å². The molecule has 12 nitrogen and oxygen atoms in total. The number of alkyl halides is 3. The van der Waals surface area contributed by atoms with Crippen molar-refractivity contribution in [3.63, 3.8) is 0 Å². The third-order valence-corrected chi connectivity index (χ3v) is 7.77. The van der Waals surface area contributed by atoms with Crippen LogP contribution in [0.2, 0.25) is 0 Å². The van der Waals surface area contributed by atoms with Gasteiger partial charge in [-0.2, -0.15) is 13.2 Å². The van der Waals surface area contributed by atoms with E-state index in [9.17, 15) is 32.3 Å². The molecule has 0 radical (unpaired) electrons. The van der Waals surface area contributed by atoms with Gasteiger partial charge in [-0.15, -0.1) is 23.1 Å². The molecule has 17 heteroatoms. The molecule has 39 heavy (non-hydrogen) atoms. The first kappa shape index (κ1) is 30.2. The van der Waals surface area contributed by atoms with E-state index in [4.69, 9.17) is 20.0 Å². The van der Waals surface area contributed by atoms with Crippen molar-refractivity contribution < 1.29 is 46.7 Å². The van der Waals surface area contributed by atoms with Crippen LogP contribution in [-0.2, 0) is 33.5 Å². The van der Waals surface area contributed by atoms with Gasteiger partial charge in [0.25, 0.3) is 5.91 Å². The SMILES string of the molecule is CON=C(C(=O)NC1C(=O)N2CC(C=CC(F)(F)F)(C(=O)OCOC(=O)C(C)(C)C)CS[C@H]12)c1csc(N)n1. The number of nitrogen functional groups attached to an aromatic ring is 1. The molecule has 1 aromatic rings. The minimum Gasteiger partial charge on any atom is -0.427 e. The molecule has 2 saturated heterocycles. The van der Waals surface area contributed by atoms with Crippen molar-refractivity contribution in [1.29, 1.82) is 0 Å². The summed E-state index contributed by atoms with van der Waals surface area (Å²) in [6.45, 7) is 3.47. The number of halogens is 3. The molecule has 0 saturated carbocycles. The molecule has 0 spiro atoms. The quantitative estimate of drug-likeness (QED) is 0.113. The standard InChI is InChI=1S/C22H26F3N5O7S2/c1-20(2,3)17(33)36-10-37-18(34)21(5-6-22(23,24)25)8-30-15(32)13(16(30)39-9-21)28-14(31)12(29-35-4)11-7-38-19(26)27-11/h5-7,13,16H,8-10H2,1-4H3,(H2,26,27)(H,28,31)/t13?,16-,21?/m1/s1. The second kappa shape index (κ2) is 11.4. The predicted octanol–water partition coefficient (Wildman–Crippen LogP) is 1.67. The number of amides is 2. The van der Waals surface area contributed by atoms with Gasteiger partial charge in [0, 0.05) is 23.8 Å². The Balaban J connectivity index is 1.72. The lowest BCUT2D eigenvalue weighted by molar-refractivity contribution is -0.178. The molecule has 0 aliphatic carbocycles. The van der Waals surface area contributed by atoms with Gasteiger partial charge in [-0.25, -0.2) is 4.98 Å². The number of thioether (sulfide) groups is 1. The molecule has 2 amide bonds. The van der Waals surface area contributed by atoms with Gasteiger partial charge in [0.2, 0.25) is 12.7 Å². The second-order valence-corrected chi connectivity index (χ2v) is 11.6. The number of thiazole rings is 1. The lowest BCUT2D eigenvalue weighted by atomic mass is 9.86. The Morgan fingerprint density at radius 1 is 1.31 bits per heavy atom. The molecule has 214 valence electrons. The lowest BCUT2D eigenvalue weighted by Gasteiger charge is -2.53. The van der Waals surface area contributed by atoms with Gasteiger partial charge in [-0.1, -0.05) is 11.2 Å². The van der Waals surface area contributed by atoms with Gasteiger partial charge < -0.3 is 30.3 Å². The van der Waals surface area contributed by atoms with E-state index in [0.29, 0.717) is 6.08 Å². The summed E-state index contributed by atoms with van der Waals surface area (Å²) in [4.78, 5) is 60.4. The molecule has 2 aliphatic heterocycles. The zero-order chi connectivity index (χ0) is 29.2. The highest BCUT2D eigenvalue weighted by molar-refractivity contribution is 8.00. The van der Waals surface area contributed by atoms with E-state index in [1.54, 1.807) is 20.8 Å². The summed E-state index contributed by atoms with van der Waals surface area (Å²) in [6, 6.07) is -1.05. The fourth-order valence-corrected chi connectivity index (χ4v) is 5.60. The number of aromatic nitrogens is 1. The van der Waals surface area contributed by atoms with E-state index in [0.717, 1.165) is 28.0 Å². The van der Waals surface area contributed by atoms with Gasteiger partial charge in [0.05, 0.1) is 5.41 Å². The third-order valence-electron chi connectivity index (χ3n) is 5.54. The van der Waals surface area contributed by atoms with Crippen LogP contribution in [0.4, 0.5) is 18.3 Å². The molecule has 3 N–H and O–H groups in total. The van der Waals surface area contributed by atoms with Gasteiger partial charge in [0.15, 0.2) is 10.8 Å². The van der Waals surface area contributed by atoms with E-state index < -0.39 is 65.5 Å². The van der Waals surface area contributed by atoms with Crippen LogP contribution >= 0.6 is 23.1 Å². The number of allylic oxidation sites excluding steroid dienone is 1. The van der Waals surface area contributed by atoms with E-state index in [2.05, 4.69) is 15.5 Å². The van der Waals surface area contributed by atoms with Crippen molar-refractivity contribution >= 4 is 57.7 Å². The second-order valence-electron chi connectivity index (χ2n) is 9.57. The number of oxime groups is 1. The molecular weight excluding hydrogens is 567 g/mol. The van der Waals surface area contributed by atoms with Crippen LogP contribution in [0.15, 0.2) is 22.7 Å². The number of esters is 2. The Morgan fingerprint density at radius 2 is 2.00 bits per heavy atom. The summed E-state index contributed by atoms with van der Waals surface area (Å²) in [6.07, 6.45) is -4.20. The third kappa shape index (κ3) is 7.00. The van der Waals surface area contributed by atoms with Crippen LogP contribution in [0.1, 0.15) is 26.5 Å². The lowest BCUT2D eigenvalue weighted by Crippen LogP contribution is -2.74. The molecule has 2 aliphatic rings. The maximum Gasteiger partial charge on any atom is 0.409 e. The fourth-order valence-electron chi connectivity index (χ4n) is 3.54. The Kier molecular flexibility index (Phi) is 8.84. The van der Waals surface area contributed by atoms with Gasteiger partial charge >= 0.3 is 18.1 Å². The maximum absolute atomic E-state index is 13.0. The van der Waals surface area contributed by atoms with Crippen molar-refractivity contribution in [2.75, 3.05) is 31.9 Å². The number of rotatable bonds is 8. The fraction of sp³-hybridized carbons (Fsp3) is 0.545. The summed E-state index contributed by atoms with van der Waals surface area (Å²) >= 11 is 2.04. The van der Waals surface area contributed by atoms with Crippen LogP contribution in [0, 0.1) is 10.8 Å². The smallest absolute Gasteiger partial charge is 0.409 e. The minimum absolute atomic E-state index is 0.104. The normalized spacial score (nSPS) is 23.6. The largest absolute Gasteiger partial charge is 0.427 e. The Bertz CT molecular complexity index is 1200. The Labute approximate surface area is 229 Å². The monoisotopic (exact) mass is 593 g/mol. The first-order valence-corrected chi connectivity index (χ1v) is 13.2. The average Bonchev–Trinajstić information content (AvgIpc) is 3.28. The summed E-state index contributed by atoms with van der Waals surface area (Å²) in [5, 5.41) is 7.15. The number of anilines is 1. The topological polar surface area (TPSA) is 163 Å². The first-order chi connectivity index (χ1) is 18.1. The molecule has 3 rings (SSSR count). The highest BCUT2D eigenvalue weighted by atomic mass is 32.2. The molecule has 2 fully saturated rings. The minimum atomic E-state index is -4.74. The number of carbonyl (C=O) groups excluding carboxylic acids is 4. The van der Waals surface area contributed by atoms with Gasteiger partial charge in [0.1, 0.15) is 29.6 Å². The van der Waals surface area contributed by atoms with E-state index in [1.165, 1.54) is 12.5 Å². The van der Waals surface area contributed by atoms with Crippen LogP contribution in [0.5, 0.6) is 0 Å². The average molecular weight is 594 g/mol. The Hall–Kier alpha value is -3.34. The van der Waals surface area contributed by atoms with Crippen molar-refractivity contribution in [2.45, 2.75) is 38.4 Å². The Morgan fingerprint density at radius 3 is 2.56 bits per heavy atom. The zero-order valence-electron chi connectivity index (χ0n) is 21.2. The van der Waals surface area contributed by atoms with E-state index in [-0.39, 0.29) is 28.4 Å². The number of nitrogens with one attached hydrogen (secondary N) is 1. The number of hydrogen-bond donors (Lipinski definition) is 2. The van der Waals surface area contributed by atoms with Crippen molar-refractivity contribution in [3.05, 3.63) is 23.2 Å². The molecule has 0 aromatic carbocycles. The zero-order valence-corrected chi connectivity index (χ0v) is 22.9. The van der Waals surface area contributed by atoms with Crippen LogP contribution in [0.3, 0.4) is 0 Å². The number of fused-ring (bicyclic) bond motifs is 1. The number of nitrogens with zero attached hydrogens (tertiary/aromatic N) is 3. The van der Waals surface area contributed by atoms with Crippen LogP contribution in [-0.4, -0.2) is 83.1 Å². The molecule has 1 aromatic heterocycles. The number of β-lactam (4-membered cyclic amide) rings is 1. The number of nitrogens with two attached hydrogens (primary N) is 1. The summed E-state index contributed by atoms with van der Waals surface area (Å²) in [5.74, 6) is -3.41. The van der Waals surface area contributed by atoms with Gasteiger partial charge in [-0.05, 0) is 20.8 Å². The predicted molar refractivity (Wildman–Crippen MR) is 134 cm³/mol. The highest BCUT2D eigenvalue weighted by Gasteiger charge is 2.57. The summed E-state index contributed by atoms with van der Waals surface area (Å²) in [7, 11) is 1.22. The number of carbonyl (C=O) groups is 4. The number of ether oxygens (including phenoxy) is 2. The summed E-state index contributed by atoms with van der Waals surface area (Å²) < 4.78 is 48.9. The molecule has 3 atom stereocenters. The maximum atomic E-state index is 13.0. The molecule has 3 heterocycles. The van der Waals surface area contributed by atoms with E-state index >= 15 is 0 Å². The van der Waals surface area contributed by atoms with E-state index in [1.807, 2.05) is 0 Å².